The van der Waals surface area contributed by atoms with E-state index >= 15 is 0 Å². The van der Waals surface area contributed by atoms with Gasteiger partial charge in [-0.2, -0.15) is 0 Å². The Morgan fingerprint density at radius 3 is 2.48 bits per heavy atom. The van der Waals surface area contributed by atoms with Gasteiger partial charge in [0.25, 0.3) is 0 Å². The van der Waals surface area contributed by atoms with Crippen LogP contribution in [0.5, 0.6) is 11.5 Å². The molecular formula is C17H20FNO2. The lowest BCUT2D eigenvalue weighted by atomic mass is 10.1. The second-order valence-corrected chi connectivity index (χ2v) is 4.92. The highest BCUT2D eigenvalue weighted by molar-refractivity contribution is 5.36. The van der Waals surface area contributed by atoms with E-state index in [0.717, 1.165) is 23.3 Å². The van der Waals surface area contributed by atoms with E-state index in [0.29, 0.717) is 12.4 Å². The Hall–Kier alpha value is -2.07. The molecule has 0 spiro atoms. The Balaban J connectivity index is 1.97. The summed E-state index contributed by atoms with van der Waals surface area (Å²) in [6.07, 6.45) is 0.735. The Morgan fingerprint density at radius 2 is 1.86 bits per heavy atom. The van der Waals surface area contributed by atoms with Gasteiger partial charge < -0.3 is 15.2 Å². The zero-order chi connectivity index (χ0) is 15.2. The summed E-state index contributed by atoms with van der Waals surface area (Å²) in [6, 6.07) is 12.0. The maximum Gasteiger partial charge on any atom is 0.126 e. The van der Waals surface area contributed by atoms with Crippen LogP contribution in [-0.4, -0.2) is 13.7 Å². The molecule has 2 aromatic rings. The van der Waals surface area contributed by atoms with E-state index in [1.807, 2.05) is 31.2 Å². The number of rotatable bonds is 6. The standard InChI is InChI=1S/C17H20FNO2/c1-12(19)16-8-5-14(18)11-17(16)21-10-9-13-3-6-15(20-2)7-4-13/h3-8,11-12H,9-10,19H2,1-2H3/t12-/m0/s1. The molecule has 0 radical (unpaired) electrons. The first-order valence-electron chi connectivity index (χ1n) is 6.91. The fourth-order valence-electron chi connectivity index (χ4n) is 2.08. The molecule has 0 saturated heterocycles. The summed E-state index contributed by atoms with van der Waals surface area (Å²) >= 11 is 0. The van der Waals surface area contributed by atoms with E-state index in [9.17, 15) is 4.39 Å². The van der Waals surface area contributed by atoms with E-state index in [1.54, 1.807) is 13.2 Å². The third-order valence-corrected chi connectivity index (χ3v) is 3.27. The van der Waals surface area contributed by atoms with Crippen molar-refractivity contribution in [3.8, 4) is 11.5 Å². The minimum Gasteiger partial charge on any atom is -0.497 e. The minimum absolute atomic E-state index is 0.193. The van der Waals surface area contributed by atoms with Gasteiger partial charge in [0.1, 0.15) is 17.3 Å². The van der Waals surface area contributed by atoms with Gasteiger partial charge in [0, 0.05) is 24.1 Å². The predicted octanol–water partition coefficient (Wildman–Crippen LogP) is 3.48. The molecule has 112 valence electrons. The van der Waals surface area contributed by atoms with Crippen LogP contribution in [0.4, 0.5) is 4.39 Å². The van der Waals surface area contributed by atoms with Gasteiger partial charge in [0.2, 0.25) is 0 Å². The quantitative estimate of drug-likeness (QED) is 0.885. The second-order valence-electron chi connectivity index (χ2n) is 4.92. The van der Waals surface area contributed by atoms with E-state index in [1.165, 1.54) is 12.1 Å². The van der Waals surface area contributed by atoms with Crippen molar-refractivity contribution in [3.63, 3.8) is 0 Å². The molecule has 2 rings (SSSR count). The SMILES string of the molecule is COc1ccc(CCOc2cc(F)ccc2[C@H](C)N)cc1. The Kier molecular flexibility index (Phi) is 5.17. The average Bonchev–Trinajstić information content (AvgIpc) is 2.48. The van der Waals surface area contributed by atoms with Gasteiger partial charge in [-0.1, -0.05) is 18.2 Å². The number of ether oxygens (including phenoxy) is 2. The van der Waals surface area contributed by atoms with Crippen molar-refractivity contribution in [2.24, 2.45) is 5.73 Å². The topological polar surface area (TPSA) is 44.5 Å². The third-order valence-electron chi connectivity index (χ3n) is 3.27. The molecular weight excluding hydrogens is 269 g/mol. The van der Waals surface area contributed by atoms with Crippen LogP contribution in [0, 0.1) is 5.82 Å². The van der Waals surface area contributed by atoms with Gasteiger partial charge in [-0.05, 0) is 30.7 Å². The fourth-order valence-corrected chi connectivity index (χ4v) is 2.08. The summed E-state index contributed by atoms with van der Waals surface area (Å²) in [7, 11) is 1.64. The number of hydrogen-bond acceptors (Lipinski definition) is 3. The van der Waals surface area contributed by atoms with Gasteiger partial charge in [-0.3, -0.25) is 0 Å². The molecule has 0 heterocycles. The van der Waals surface area contributed by atoms with E-state index in [-0.39, 0.29) is 11.9 Å². The van der Waals surface area contributed by atoms with Gasteiger partial charge >= 0.3 is 0 Å². The van der Waals surface area contributed by atoms with Gasteiger partial charge in [-0.25, -0.2) is 4.39 Å². The van der Waals surface area contributed by atoms with Crippen LogP contribution in [0.3, 0.4) is 0 Å². The van der Waals surface area contributed by atoms with Crippen molar-refractivity contribution in [1.29, 1.82) is 0 Å². The molecule has 0 aliphatic heterocycles. The zero-order valence-corrected chi connectivity index (χ0v) is 12.3. The monoisotopic (exact) mass is 289 g/mol. The third kappa shape index (κ3) is 4.20. The second kappa shape index (κ2) is 7.09. The summed E-state index contributed by atoms with van der Waals surface area (Å²) in [5.41, 5.74) is 7.81. The fraction of sp³-hybridized carbons (Fsp3) is 0.294. The molecule has 0 aromatic heterocycles. The van der Waals surface area contributed by atoms with Crippen molar-refractivity contribution in [1.82, 2.24) is 0 Å². The van der Waals surface area contributed by atoms with Crippen LogP contribution in [0.25, 0.3) is 0 Å². The van der Waals surface area contributed by atoms with E-state index in [2.05, 4.69) is 0 Å². The zero-order valence-electron chi connectivity index (χ0n) is 12.3. The molecule has 21 heavy (non-hydrogen) atoms. The summed E-state index contributed by atoms with van der Waals surface area (Å²) in [4.78, 5) is 0. The summed E-state index contributed by atoms with van der Waals surface area (Å²) in [5, 5.41) is 0. The first kappa shape index (κ1) is 15.3. The number of hydrogen-bond donors (Lipinski definition) is 1. The number of benzene rings is 2. The van der Waals surface area contributed by atoms with Gasteiger partial charge in [-0.15, -0.1) is 0 Å². The van der Waals surface area contributed by atoms with E-state index < -0.39 is 0 Å². The maximum absolute atomic E-state index is 13.3. The molecule has 0 saturated carbocycles. The lowest BCUT2D eigenvalue weighted by Crippen LogP contribution is -2.10. The summed E-state index contributed by atoms with van der Waals surface area (Å²) in [5.74, 6) is 1.02. The van der Waals surface area contributed by atoms with Crippen molar-refractivity contribution in [2.45, 2.75) is 19.4 Å². The number of methoxy groups -OCH3 is 1. The number of nitrogens with two attached hydrogens (primary N) is 1. The summed E-state index contributed by atoms with van der Waals surface area (Å²) in [6.45, 7) is 2.32. The van der Waals surface area contributed by atoms with Crippen LogP contribution in [0.15, 0.2) is 42.5 Å². The molecule has 3 nitrogen and oxygen atoms in total. The molecule has 0 amide bonds. The normalized spacial score (nSPS) is 12.0. The Morgan fingerprint density at radius 1 is 1.14 bits per heavy atom. The average molecular weight is 289 g/mol. The van der Waals surface area contributed by atoms with Crippen LogP contribution < -0.4 is 15.2 Å². The molecule has 2 N–H and O–H groups in total. The van der Waals surface area contributed by atoms with Gasteiger partial charge in [0.05, 0.1) is 13.7 Å². The Labute approximate surface area is 124 Å². The first-order chi connectivity index (χ1) is 10.1. The van der Waals surface area contributed by atoms with E-state index in [4.69, 9.17) is 15.2 Å². The smallest absolute Gasteiger partial charge is 0.126 e. The van der Waals surface area contributed by atoms with Crippen LogP contribution in [0.1, 0.15) is 24.1 Å². The molecule has 0 bridgehead atoms. The van der Waals surface area contributed by atoms with Crippen molar-refractivity contribution in [2.75, 3.05) is 13.7 Å². The van der Waals surface area contributed by atoms with Crippen molar-refractivity contribution < 1.29 is 13.9 Å². The Bertz CT molecular complexity index is 582. The molecule has 0 aliphatic rings. The predicted molar refractivity (Wildman–Crippen MR) is 81.2 cm³/mol. The van der Waals surface area contributed by atoms with Crippen molar-refractivity contribution >= 4 is 0 Å². The molecule has 4 heteroatoms. The molecule has 0 fully saturated rings. The number of halogens is 1. The molecule has 2 aromatic carbocycles. The highest BCUT2D eigenvalue weighted by atomic mass is 19.1. The first-order valence-corrected chi connectivity index (χ1v) is 6.91. The summed E-state index contributed by atoms with van der Waals surface area (Å²) < 4.78 is 24.1. The molecule has 0 aliphatic carbocycles. The van der Waals surface area contributed by atoms with Crippen LogP contribution >= 0.6 is 0 Å². The molecule has 0 unspecified atom stereocenters. The maximum atomic E-state index is 13.3. The highest BCUT2D eigenvalue weighted by Gasteiger charge is 2.09. The van der Waals surface area contributed by atoms with Crippen LogP contribution in [0.2, 0.25) is 0 Å². The van der Waals surface area contributed by atoms with Gasteiger partial charge in [0.15, 0.2) is 0 Å². The van der Waals surface area contributed by atoms with Crippen molar-refractivity contribution in [3.05, 3.63) is 59.4 Å². The lowest BCUT2D eigenvalue weighted by molar-refractivity contribution is 0.315. The lowest BCUT2D eigenvalue weighted by Gasteiger charge is -2.14. The van der Waals surface area contributed by atoms with Crippen LogP contribution in [-0.2, 0) is 6.42 Å². The minimum atomic E-state index is -0.321. The largest absolute Gasteiger partial charge is 0.497 e. The molecule has 1 atom stereocenters. The highest BCUT2D eigenvalue weighted by Crippen LogP contribution is 2.25.